The molecule has 0 bridgehead atoms. The lowest BCUT2D eigenvalue weighted by Gasteiger charge is -2.12. The second-order valence-electron chi connectivity index (χ2n) is 4.00. The number of nitrogens with two attached hydrogens (primary N) is 1. The lowest BCUT2D eigenvalue weighted by molar-refractivity contribution is 0.0378. The third-order valence-corrected chi connectivity index (χ3v) is 2.06. The molecule has 0 heterocycles. The Kier molecular flexibility index (Phi) is 3.35. The summed E-state index contributed by atoms with van der Waals surface area (Å²) in [5.41, 5.74) is 8.67. The largest absolute Gasteiger partial charge is 0.459 e. The molecule has 0 aliphatic carbocycles. The van der Waals surface area contributed by atoms with Crippen molar-refractivity contribution in [2.45, 2.75) is 33.8 Å². The summed E-state index contributed by atoms with van der Waals surface area (Å²) >= 11 is 0. The van der Waals surface area contributed by atoms with Crippen LogP contribution in [0.25, 0.3) is 0 Å². The zero-order chi connectivity index (χ0) is 11.6. The fraction of sp³-hybridized carbons (Fsp3) is 0.417. The van der Waals surface area contributed by atoms with Gasteiger partial charge in [0.15, 0.2) is 0 Å². The number of aryl methyl sites for hydroxylation is 2. The van der Waals surface area contributed by atoms with Crippen LogP contribution in [0.1, 0.15) is 35.3 Å². The Hall–Kier alpha value is -1.51. The number of carbonyl (C=O) groups is 1. The first kappa shape index (κ1) is 11.6. The van der Waals surface area contributed by atoms with Crippen LogP contribution in [0, 0.1) is 13.8 Å². The molecule has 0 aliphatic rings. The summed E-state index contributed by atoms with van der Waals surface area (Å²) in [4.78, 5) is 11.7. The molecule has 0 atom stereocenters. The van der Waals surface area contributed by atoms with Gasteiger partial charge in [-0.05, 0) is 44.9 Å². The maximum Gasteiger partial charge on any atom is 0.340 e. The lowest BCUT2D eigenvalue weighted by atomic mass is 10.0. The summed E-state index contributed by atoms with van der Waals surface area (Å²) in [5, 5.41) is 0. The van der Waals surface area contributed by atoms with Crippen molar-refractivity contribution >= 4 is 11.7 Å². The van der Waals surface area contributed by atoms with Crippen molar-refractivity contribution in [2.75, 3.05) is 5.73 Å². The van der Waals surface area contributed by atoms with Crippen molar-refractivity contribution in [2.24, 2.45) is 0 Å². The fourth-order valence-electron chi connectivity index (χ4n) is 1.55. The normalized spacial score (nSPS) is 10.5. The van der Waals surface area contributed by atoms with Crippen LogP contribution in [-0.2, 0) is 4.74 Å². The van der Waals surface area contributed by atoms with E-state index in [0.29, 0.717) is 11.3 Å². The van der Waals surface area contributed by atoms with E-state index in [-0.39, 0.29) is 12.1 Å². The Balaban J connectivity index is 3.09. The molecule has 3 heteroatoms. The monoisotopic (exact) mass is 207 g/mol. The lowest BCUT2D eigenvalue weighted by Crippen LogP contribution is -2.15. The SMILES string of the molecule is Cc1cc(C)c(C(=O)OC(C)C)c(N)c1. The maximum atomic E-state index is 11.7. The van der Waals surface area contributed by atoms with E-state index in [1.807, 2.05) is 33.8 Å². The van der Waals surface area contributed by atoms with Crippen molar-refractivity contribution in [1.82, 2.24) is 0 Å². The summed E-state index contributed by atoms with van der Waals surface area (Å²) in [6, 6.07) is 3.71. The topological polar surface area (TPSA) is 52.3 Å². The van der Waals surface area contributed by atoms with E-state index in [1.54, 1.807) is 6.07 Å². The van der Waals surface area contributed by atoms with Gasteiger partial charge in [0.2, 0.25) is 0 Å². The van der Waals surface area contributed by atoms with E-state index < -0.39 is 0 Å². The van der Waals surface area contributed by atoms with Crippen LogP contribution in [0.3, 0.4) is 0 Å². The number of benzene rings is 1. The van der Waals surface area contributed by atoms with Gasteiger partial charge in [0, 0.05) is 5.69 Å². The quantitative estimate of drug-likeness (QED) is 0.598. The third kappa shape index (κ3) is 2.72. The smallest absolute Gasteiger partial charge is 0.340 e. The van der Waals surface area contributed by atoms with Crippen LogP contribution in [0.15, 0.2) is 12.1 Å². The number of nitrogen functional groups attached to an aromatic ring is 1. The molecule has 15 heavy (non-hydrogen) atoms. The number of hydrogen-bond acceptors (Lipinski definition) is 3. The molecule has 0 saturated heterocycles. The Morgan fingerprint density at radius 1 is 1.33 bits per heavy atom. The molecular formula is C12H17NO2. The van der Waals surface area contributed by atoms with Crippen LogP contribution < -0.4 is 5.73 Å². The van der Waals surface area contributed by atoms with Gasteiger partial charge >= 0.3 is 5.97 Å². The van der Waals surface area contributed by atoms with Gasteiger partial charge in [-0.2, -0.15) is 0 Å². The number of rotatable bonds is 2. The Labute approximate surface area is 90.2 Å². The number of ether oxygens (including phenoxy) is 1. The van der Waals surface area contributed by atoms with Gasteiger partial charge in [-0.1, -0.05) is 6.07 Å². The molecule has 0 fully saturated rings. The zero-order valence-corrected chi connectivity index (χ0v) is 9.63. The van der Waals surface area contributed by atoms with Gasteiger partial charge in [-0.3, -0.25) is 0 Å². The van der Waals surface area contributed by atoms with Crippen LogP contribution in [0.5, 0.6) is 0 Å². The van der Waals surface area contributed by atoms with Crippen LogP contribution in [-0.4, -0.2) is 12.1 Å². The first-order valence-corrected chi connectivity index (χ1v) is 4.99. The van der Waals surface area contributed by atoms with Gasteiger partial charge < -0.3 is 10.5 Å². The molecule has 3 nitrogen and oxygen atoms in total. The predicted molar refractivity (Wildman–Crippen MR) is 60.9 cm³/mol. The average Bonchev–Trinajstić information content (AvgIpc) is 1.99. The first-order valence-electron chi connectivity index (χ1n) is 4.99. The Morgan fingerprint density at radius 2 is 1.93 bits per heavy atom. The predicted octanol–water partition coefficient (Wildman–Crippen LogP) is 2.45. The standard InChI is InChI=1S/C12H17NO2/c1-7(2)15-12(14)11-9(4)5-8(3)6-10(11)13/h5-7H,13H2,1-4H3. The van der Waals surface area contributed by atoms with Crippen molar-refractivity contribution in [3.8, 4) is 0 Å². The van der Waals surface area contributed by atoms with E-state index in [0.717, 1.165) is 11.1 Å². The summed E-state index contributed by atoms with van der Waals surface area (Å²) in [6.07, 6.45) is -0.127. The molecule has 82 valence electrons. The zero-order valence-electron chi connectivity index (χ0n) is 9.63. The van der Waals surface area contributed by atoms with Crippen molar-refractivity contribution in [1.29, 1.82) is 0 Å². The minimum atomic E-state index is -0.347. The highest BCUT2D eigenvalue weighted by Gasteiger charge is 2.15. The number of hydrogen-bond donors (Lipinski definition) is 1. The molecular weight excluding hydrogens is 190 g/mol. The maximum absolute atomic E-state index is 11.7. The highest BCUT2D eigenvalue weighted by Crippen LogP contribution is 2.20. The van der Waals surface area contributed by atoms with E-state index in [9.17, 15) is 4.79 Å². The molecule has 0 radical (unpaired) electrons. The molecule has 1 rings (SSSR count). The van der Waals surface area contributed by atoms with Gasteiger partial charge in [-0.15, -0.1) is 0 Å². The van der Waals surface area contributed by atoms with Gasteiger partial charge in [0.1, 0.15) is 0 Å². The number of esters is 1. The van der Waals surface area contributed by atoms with Crippen molar-refractivity contribution < 1.29 is 9.53 Å². The van der Waals surface area contributed by atoms with Gasteiger partial charge in [0.25, 0.3) is 0 Å². The molecule has 0 spiro atoms. The van der Waals surface area contributed by atoms with Crippen molar-refractivity contribution in [3.63, 3.8) is 0 Å². The minimum absolute atomic E-state index is 0.127. The number of anilines is 1. The fourth-order valence-corrected chi connectivity index (χ4v) is 1.55. The highest BCUT2D eigenvalue weighted by atomic mass is 16.5. The van der Waals surface area contributed by atoms with Gasteiger partial charge in [-0.25, -0.2) is 4.79 Å². The molecule has 0 amide bonds. The van der Waals surface area contributed by atoms with Crippen LogP contribution >= 0.6 is 0 Å². The molecule has 1 aromatic rings. The van der Waals surface area contributed by atoms with E-state index in [2.05, 4.69) is 0 Å². The second kappa shape index (κ2) is 4.34. The summed E-state index contributed by atoms with van der Waals surface area (Å²) in [5.74, 6) is -0.347. The molecule has 2 N–H and O–H groups in total. The Bertz CT molecular complexity index is 360. The number of carbonyl (C=O) groups excluding carboxylic acids is 1. The summed E-state index contributed by atoms with van der Waals surface area (Å²) < 4.78 is 5.12. The minimum Gasteiger partial charge on any atom is -0.459 e. The molecule has 0 aliphatic heterocycles. The van der Waals surface area contributed by atoms with E-state index >= 15 is 0 Å². The molecule has 0 unspecified atom stereocenters. The van der Waals surface area contributed by atoms with E-state index in [1.165, 1.54) is 0 Å². The van der Waals surface area contributed by atoms with Gasteiger partial charge in [0.05, 0.1) is 11.7 Å². The molecule has 0 aromatic heterocycles. The van der Waals surface area contributed by atoms with E-state index in [4.69, 9.17) is 10.5 Å². The first-order chi connectivity index (χ1) is 6.91. The molecule has 0 saturated carbocycles. The van der Waals surface area contributed by atoms with Crippen LogP contribution in [0.4, 0.5) is 5.69 Å². The third-order valence-electron chi connectivity index (χ3n) is 2.06. The average molecular weight is 207 g/mol. The summed E-state index contributed by atoms with van der Waals surface area (Å²) in [7, 11) is 0. The summed E-state index contributed by atoms with van der Waals surface area (Å²) in [6.45, 7) is 7.44. The Morgan fingerprint density at radius 3 is 2.40 bits per heavy atom. The molecule has 1 aromatic carbocycles. The van der Waals surface area contributed by atoms with Crippen molar-refractivity contribution in [3.05, 3.63) is 28.8 Å². The highest BCUT2D eigenvalue weighted by molar-refractivity contribution is 5.96. The van der Waals surface area contributed by atoms with Crippen LogP contribution in [0.2, 0.25) is 0 Å². The second-order valence-corrected chi connectivity index (χ2v) is 4.00.